The molecule has 0 bridgehead atoms. The summed E-state index contributed by atoms with van der Waals surface area (Å²) in [6.45, 7) is 7.13. The molecule has 0 unspecified atom stereocenters. The van der Waals surface area contributed by atoms with E-state index in [0.717, 1.165) is 21.9 Å². The normalized spacial score (nSPS) is 13.2. The number of anilines is 1. The number of rotatable bonds is 6. The number of aromatic nitrogens is 4. The zero-order chi connectivity index (χ0) is 25.2. The van der Waals surface area contributed by atoms with Crippen molar-refractivity contribution in [1.29, 1.82) is 0 Å². The summed E-state index contributed by atoms with van der Waals surface area (Å²) in [6, 6.07) is 9.83. The Morgan fingerprint density at radius 3 is 2.89 bits per heavy atom. The van der Waals surface area contributed by atoms with Crippen LogP contribution in [0.15, 0.2) is 52.0 Å². The smallest absolute Gasteiger partial charge is 0.410 e. The molecule has 0 radical (unpaired) electrons. The molecule has 1 N–H and O–H groups in total. The number of carbonyl (C=O) groups is 1. The zero-order valence-corrected chi connectivity index (χ0v) is 20.5. The van der Waals surface area contributed by atoms with Crippen molar-refractivity contribution in [2.75, 3.05) is 18.4 Å². The molecule has 0 spiro atoms. The fourth-order valence-electron chi connectivity index (χ4n) is 4.36. The molecule has 186 valence electrons. The number of benzene rings is 1. The molecule has 4 aromatic rings. The van der Waals surface area contributed by atoms with Gasteiger partial charge in [0.2, 0.25) is 11.7 Å². The molecule has 1 amide bonds. The van der Waals surface area contributed by atoms with Crippen LogP contribution in [0.2, 0.25) is 0 Å². The number of nitrogens with zero attached hydrogens (tertiary/aromatic N) is 5. The van der Waals surface area contributed by atoms with E-state index in [-0.39, 0.29) is 24.3 Å². The Morgan fingerprint density at radius 1 is 1.25 bits per heavy atom. The van der Waals surface area contributed by atoms with Crippen molar-refractivity contribution in [2.45, 2.75) is 46.4 Å². The first-order valence-corrected chi connectivity index (χ1v) is 12.0. The van der Waals surface area contributed by atoms with Gasteiger partial charge in [-0.25, -0.2) is 9.78 Å². The lowest BCUT2D eigenvalue weighted by Gasteiger charge is -2.28. The molecule has 4 heterocycles. The Balaban J connectivity index is 1.31. The van der Waals surface area contributed by atoms with Gasteiger partial charge in [0.1, 0.15) is 5.82 Å². The third-order valence-corrected chi connectivity index (χ3v) is 6.15. The van der Waals surface area contributed by atoms with E-state index in [2.05, 4.69) is 20.4 Å². The van der Waals surface area contributed by atoms with Crippen LogP contribution in [0.4, 0.5) is 10.6 Å². The summed E-state index contributed by atoms with van der Waals surface area (Å²) in [5, 5.41) is 9.31. The Morgan fingerprint density at radius 2 is 2.11 bits per heavy atom. The average Bonchev–Trinajstić information content (AvgIpc) is 3.31. The average molecular weight is 489 g/mol. The van der Waals surface area contributed by atoms with E-state index in [9.17, 15) is 9.59 Å². The zero-order valence-electron chi connectivity index (χ0n) is 20.5. The number of nitrogens with one attached hydrogen (secondary N) is 1. The largest absolute Gasteiger partial charge is 0.447 e. The van der Waals surface area contributed by atoms with E-state index >= 15 is 0 Å². The maximum absolute atomic E-state index is 13.2. The van der Waals surface area contributed by atoms with Gasteiger partial charge >= 0.3 is 6.09 Å². The standard InChI is InChI=1S/C26H28N6O4/c1-16(2)35-26(34)32-12-8-19-7-11-31(25(33)22(19)15-32)13-10-28-24-21-14-20(23-29-17(3)36-30-23)5-4-18(21)6-9-27-24/h4-7,9,11,14,16H,8,10,12-13,15H2,1-3H3,(H,27,28). The summed E-state index contributed by atoms with van der Waals surface area (Å²) in [5.41, 5.74) is 2.38. The molecule has 0 fully saturated rings. The molecule has 3 aromatic heterocycles. The van der Waals surface area contributed by atoms with Gasteiger partial charge in [-0.3, -0.25) is 4.79 Å². The lowest BCUT2D eigenvalue weighted by atomic mass is 10.0. The van der Waals surface area contributed by atoms with Crippen LogP contribution in [0.5, 0.6) is 0 Å². The molecule has 0 saturated carbocycles. The van der Waals surface area contributed by atoms with Gasteiger partial charge in [-0.1, -0.05) is 17.3 Å². The number of hydrogen-bond donors (Lipinski definition) is 1. The van der Waals surface area contributed by atoms with Gasteiger partial charge in [-0.2, -0.15) is 4.98 Å². The van der Waals surface area contributed by atoms with Crippen LogP contribution in [-0.4, -0.2) is 49.9 Å². The molecule has 0 saturated heterocycles. The Hall–Kier alpha value is -4.21. The minimum Gasteiger partial charge on any atom is -0.447 e. The lowest BCUT2D eigenvalue weighted by Crippen LogP contribution is -2.41. The summed E-state index contributed by atoms with van der Waals surface area (Å²) >= 11 is 0. The molecular weight excluding hydrogens is 460 g/mol. The van der Waals surface area contributed by atoms with E-state index in [1.165, 1.54) is 0 Å². The van der Waals surface area contributed by atoms with Crippen molar-refractivity contribution in [2.24, 2.45) is 0 Å². The molecule has 10 heteroatoms. The molecule has 10 nitrogen and oxygen atoms in total. The molecule has 36 heavy (non-hydrogen) atoms. The third kappa shape index (κ3) is 4.79. The van der Waals surface area contributed by atoms with Crippen LogP contribution in [0.1, 0.15) is 30.9 Å². The molecule has 1 aliphatic rings. The SMILES string of the molecule is Cc1nc(-c2ccc3ccnc(NCCn4ccc5c(c4=O)CN(C(=O)OC(C)C)CC5)c3c2)no1. The highest BCUT2D eigenvalue weighted by Crippen LogP contribution is 2.26. The highest BCUT2D eigenvalue weighted by molar-refractivity contribution is 5.94. The minimum absolute atomic E-state index is 0.0861. The highest BCUT2D eigenvalue weighted by atomic mass is 16.6. The number of fused-ring (bicyclic) bond motifs is 2. The predicted molar refractivity (Wildman–Crippen MR) is 135 cm³/mol. The Kier molecular flexibility index (Phi) is 6.41. The first-order chi connectivity index (χ1) is 17.4. The van der Waals surface area contributed by atoms with Gasteiger partial charge in [0.15, 0.2) is 0 Å². The number of pyridine rings is 2. The quantitative estimate of drug-likeness (QED) is 0.436. The molecule has 0 atom stereocenters. The molecular formula is C26H28N6O4. The van der Waals surface area contributed by atoms with Crippen LogP contribution in [0.3, 0.4) is 0 Å². The van der Waals surface area contributed by atoms with Gasteiger partial charge in [-0.15, -0.1) is 0 Å². The van der Waals surface area contributed by atoms with Gasteiger partial charge < -0.3 is 24.0 Å². The minimum atomic E-state index is -0.385. The predicted octanol–water partition coefficient (Wildman–Crippen LogP) is 3.77. The van der Waals surface area contributed by atoms with Crippen molar-refractivity contribution in [1.82, 2.24) is 24.6 Å². The van der Waals surface area contributed by atoms with Crippen LogP contribution < -0.4 is 10.9 Å². The van der Waals surface area contributed by atoms with Crippen molar-refractivity contribution >= 4 is 22.7 Å². The molecule has 0 aliphatic carbocycles. The van der Waals surface area contributed by atoms with E-state index in [1.807, 2.05) is 50.4 Å². The van der Waals surface area contributed by atoms with E-state index in [1.54, 1.807) is 22.6 Å². The third-order valence-electron chi connectivity index (χ3n) is 6.15. The van der Waals surface area contributed by atoms with Crippen molar-refractivity contribution in [3.63, 3.8) is 0 Å². The van der Waals surface area contributed by atoms with Crippen molar-refractivity contribution < 1.29 is 14.1 Å². The first-order valence-electron chi connectivity index (χ1n) is 12.0. The van der Waals surface area contributed by atoms with Crippen LogP contribution in [0, 0.1) is 6.92 Å². The Labute approximate surface area is 207 Å². The summed E-state index contributed by atoms with van der Waals surface area (Å²) < 4.78 is 12.1. The fourth-order valence-corrected chi connectivity index (χ4v) is 4.36. The van der Waals surface area contributed by atoms with Gasteiger partial charge in [0.05, 0.1) is 12.6 Å². The van der Waals surface area contributed by atoms with Gasteiger partial charge in [0.25, 0.3) is 5.56 Å². The number of hydrogen-bond acceptors (Lipinski definition) is 8. The second kappa shape index (κ2) is 9.80. The topological polar surface area (TPSA) is 115 Å². The number of amides is 1. The number of carbonyl (C=O) groups excluding carboxylic acids is 1. The monoisotopic (exact) mass is 488 g/mol. The second-order valence-electron chi connectivity index (χ2n) is 9.08. The van der Waals surface area contributed by atoms with E-state index < -0.39 is 0 Å². The maximum Gasteiger partial charge on any atom is 0.410 e. The maximum atomic E-state index is 13.2. The molecule has 5 rings (SSSR count). The van der Waals surface area contributed by atoms with Crippen LogP contribution in [-0.2, 0) is 24.2 Å². The summed E-state index contributed by atoms with van der Waals surface area (Å²) in [7, 11) is 0. The van der Waals surface area contributed by atoms with Crippen LogP contribution in [0.25, 0.3) is 22.2 Å². The highest BCUT2D eigenvalue weighted by Gasteiger charge is 2.25. The first kappa shape index (κ1) is 23.5. The number of aryl methyl sites for hydroxylation is 1. The van der Waals surface area contributed by atoms with Crippen molar-refractivity contribution in [3.8, 4) is 11.4 Å². The molecule has 1 aliphatic heterocycles. The second-order valence-corrected chi connectivity index (χ2v) is 9.08. The summed E-state index contributed by atoms with van der Waals surface area (Å²) in [4.78, 5) is 35.9. The Bertz CT molecular complexity index is 1480. The van der Waals surface area contributed by atoms with Gasteiger partial charge in [0, 0.05) is 55.5 Å². The lowest BCUT2D eigenvalue weighted by molar-refractivity contribution is 0.0727. The van der Waals surface area contributed by atoms with Crippen LogP contribution >= 0.6 is 0 Å². The van der Waals surface area contributed by atoms with Crippen molar-refractivity contribution in [3.05, 3.63) is 70.1 Å². The summed E-state index contributed by atoms with van der Waals surface area (Å²) in [6.07, 6.45) is 3.62. The van der Waals surface area contributed by atoms with E-state index in [4.69, 9.17) is 9.26 Å². The summed E-state index contributed by atoms with van der Waals surface area (Å²) in [5.74, 6) is 1.74. The number of ether oxygens (including phenoxy) is 1. The molecule has 1 aromatic carbocycles. The van der Waals surface area contributed by atoms with Gasteiger partial charge in [-0.05, 0) is 49.4 Å². The van der Waals surface area contributed by atoms with E-state index in [0.29, 0.717) is 49.2 Å². The fraction of sp³-hybridized carbons (Fsp3) is 0.346.